The smallest absolute Gasteiger partial charge is 0.352 e. The molecule has 3 aromatic rings. The first kappa shape index (κ1) is 17.3. The first-order chi connectivity index (χ1) is 13.2. The van der Waals surface area contributed by atoms with Crippen LogP contribution in [0.25, 0.3) is 15.4 Å². The number of ether oxygens (including phenoxy) is 1. The maximum absolute atomic E-state index is 12.3. The molecule has 27 heavy (non-hydrogen) atoms. The normalized spacial score (nSPS) is 18.9. The van der Waals surface area contributed by atoms with Crippen molar-refractivity contribution in [3.8, 4) is 10.6 Å². The maximum Gasteiger partial charge on any atom is 0.352 e. The van der Waals surface area contributed by atoms with Crippen molar-refractivity contribution >= 4 is 17.2 Å². The van der Waals surface area contributed by atoms with Crippen LogP contribution in [0.1, 0.15) is 21.9 Å². The Morgan fingerprint density at radius 3 is 2.93 bits per heavy atom. The lowest BCUT2D eigenvalue weighted by atomic mass is 10.1. The van der Waals surface area contributed by atoms with Crippen molar-refractivity contribution in [2.45, 2.75) is 18.6 Å². The van der Waals surface area contributed by atoms with Crippen LogP contribution in [0.5, 0.6) is 0 Å². The molecule has 10 heteroatoms. The Morgan fingerprint density at radius 2 is 2.19 bits per heavy atom. The number of aromatic nitrogens is 5. The standard InChI is InChI=1S/C17H15N7O2S/c1-18-17(7-8-26-11-17)24-10-13(20-23-24)15(25)19-9-14-21-22-16(27-14)12-5-3-2-4-6-12/h2-6,10H,7-9,11H2,(H,19,25). The Kier molecular flexibility index (Phi) is 4.62. The van der Waals surface area contributed by atoms with Crippen LogP contribution in [0.3, 0.4) is 0 Å². The monoisotopic (exact) mass is 381 g/mol. The fourth-order valence-electron chi connectivity index (χ4n) is 2.70. The van der Waals surface area contributed by atoms with Crippen molar-refractivity contribution in [3.05, 3.63) is 58.6 Å². The highest BCUT2D eigenvalue weighted by Crippen LogP contribution is 2.28. The van der Waals surface area contributed by atoms with Crippen LogP contribution in [-0.2, 0) is 16.9 Å². The van der Waals surface area contributed by atoms with Gasteiger partial charge in [0.05, 0.1) is 25.8 Å². The summed E-state index contributed by atoms with van der Waals surface area (Å²) in [6.07, 6.45) is 2.01. The van der Waals surface area contributed by atoms with E-state index in [1.165, 1.54) is 22.2 Å². The highest BCUT2D eigenvalue weighted by atomic mass is 32.1. The molecule has 1 unspecified atom stereocenters. The van der Waals surface area contributed by atoms with Gasteiger partial charge in [0.1, 0.15) is 16.6 Å². The molecule has 1 fully saturated rings. The summed E-state index contributed by atoms with van der Waals surface area (Å²) in [5, 5.41) is 20.3. The first-order valence-electron chi connectivity index (χ1n) is 8.25. The SMILES string of the molecule is [C-]#[N+]C1(n2cc(C(=O)NCc3nnc(-c4ccccc4)s3)nn2)CCOC1. The molecule has 0 bridgehead atoms. The van der Waals surface area contributed by atoms with Crippen LogP contribution in [-0.4, -0.2) is 44.3 Å². The minimum absolute atomic E-state index is 0.151. The quantitative estimate of drug-likeness (QED) is 0.676. The highest BCUT2D eigenvalue weighted by molar-refractivity contribution is 7.14. The predicted molar refractivity (Wildman–Crippen MR) is 96.5 cm³/mol. The molecule has 1 N–H and O–H groups in total. The van der Waals surface area contributed by atoms with E-state index in [0.717, 1.165) is 10.6 Å². The van der Waals surface area contributed by atoms with E-state index >= 15 is 0 Å². The molecule has 0 aliphatic carbocycles. The molecule has 136 valence electrons. The lowest BCUT2D eigenvalue weighted by Crippen LogP contribution is -2.31. The summed E-state index contributed by atoms with van der Waals surface area (Å²) in [5.41, 5.74) is 0.228. The lowest BCUT2D eigenvalue weighted by molar-refractivity contribution is 0.0945. The third-order valence-electron chi connectivity index (χ3n) is 4.23. The molecule has 0 saturated carbocycles. The summed E-state index contributed by atoms with van der Waals surface area (Å²) in [6.45, 7) is 8.39. The molecule has 0 spiro atoms. The van der Waals surface area contributed by atoms with Crippen LogP contribution >= 0.6 is 11.3 Å². The van der Waals surface area contributed by atoms with Gasteiger partial charge in [0.2, 0.25) is 0 Å². The predicted octanol–water partition coefficient (Wildman–Crippen LogP) is 1.72. The molecule has 1 aliphatic heterocycles. The topological polar surface area (TPSA) is 99.2 Å². The summed E-state index contributed by atoms with van der Waals surface area (Å²) < 4.78 is 6.72. The van der Waals surface area contributed by atoms with Crippen molar-refractivity contribution < 1.29 is 9.53 Å². The molecule has 1 atom stereocenters. The molecule has 1 aromatic carbocycles. The van der Waals surface area contributed by atoms with Gasteiger partial charge in [-0.3, -0.25) is 9.64 Å². The summed E-state index contributed by atoms with van der Waals surface area (Å²) in [6, 6.07) is 9.73. The van der Waals surface area contributed by atoms with E-state index in [1.807, 2.05) is 30.3 Å². The minimum Gasteiger partial charge on any atom is -0.370 e. The van der Waals surface area contributed by atoms with Gasteiger partial charge in [0.15, 0.2) is 5.69 Å². The van der Waals surface area contributed by atoms with Crippen LogP contribution < -0.4 is 5.32 Å². The van der Waals surface area contributed by atoms with E-state index in [9.17, 15) is 4.79 Å². The van der Waals surface area contributed by atoms with Gasteiger partial charge >= 0.3 is 5.66 Å². The van der Waals surface area contributed by atoms with E-state index in [0.29, 0.717) is 18.0 Å². The number of benzene rings is 1. The Labute approximate surface area is 158 Å². The fraction of sp³-hybridized carbons (Fsp3) is 0.294. The van der Waals surface area contributed by atoms with E-state index in [-0.39, 0.29) is 24.8 Å². The van der Waals surface area contributed by atoms with E-state index in [2.05, 4.69) is 30.7 Å². The zero-order chi connectivity index (χ0) is 18.7. The Bertz CT molecular complexity index is 986. The molecular formula is C17H15N7O2S. The van der Waals surface area contributed by atoms with Gasteiger partial charge in [-0.15, -0.1) is 15.3 Å². The number of rotatable bonds is 5. The second-order valence-corrected chi connectivity index (χ2v) is 7.06. The molecule has 0 radical (unpaired) electrons. The molecule has 4 rings (SSSR count). The van der Waals surface area contributed by atoms with Crippen molar-refractivity contribution in [3.63, 3.8) is 0 Å². The lowest BCUT2D eigenvalue weighted by Gasteiger charge is -2.12. The average Bonchev–Trinajstić information content (AvgIpc) is 3.47. The van der Waals surface area contributed by atoms with Gasteiger partial charge in [-0.25, -0.2) is 6.57 Å². The zero-order valence-electron chi connectivity index (χ0n) is 14.2. The number of amides is 1. The number of carbonyl (C=O) groups excluding carboxylic acids is 1. The average molecular weight is 381 g/mol. The van der Waals surface area contributed by atoms with Crippen molar-refractivity contribution in [1.82, 2.24) is 30.5 Å². The third kappa shape index (κ3) is 3.42. The van der Waals surface area contributed by atoms with Gasteiger partial charge < -0.3 is 10.1 Å². The van der Waals surface area contributed by atoms with Crippen molar-refractivity contribution in [2.75, 3.05) is 13.2 Å². The Hall–Kier alpha value is -3.16. The Balaban J connectivity index is 1.41. The minimum atomic E-state index is -0.907. The maximum atomic E-state index is 12.3. The number of hydrogen-bond acceptors (Lipinski definition) is 7. The fourth-order valence-corrected chi connectivity index (χ4v) is 3.49. The van der Waals surface area contributed by atoms with Gasteiger partial charge in [-0.2, -0.15) is 4.68 Å². The van der Waals surface area contributed by atoms with E-state index < -0.39 is 5.66 Å². The summed E-state index contributed by atoms with van der Waals surface area (Å²) in [4.78, 5) is 16.0. The Morgan fingerprint density at radius 1 is 1.33 bits per heavy atom. The summed E-state index contributed by atoms with van der Waals surface area (Å²) >= 11 is 1.42. The van der Waals surface area contributed by atoms with Gasteiger partial charge in [-0.1, -0.05) is 46.9 Å². The second kappa shape index (κ2) is 7.22. The molecule has 1 saturated heterocycles. The largest absolute Gasteiger partial charge is 0.370 e. The summed E-state index contributed by atoms with van der Waals surface area (Å²) in [7, 11) is 0. The molecular weight excluding hydrogens is 366 g/mol. The van der Waals surface area contributed by atoms with Gasteiger partial charge in [-0.05, 0) is 0 Å². The van der Waals surface area contributed by atoms with Crippen LogP contribution in [0.4, 0.5) is 0 Å². The molecule has 1 aliphatic rings. The number of nitrogens with one attached hydrogen (secondary N) is 1. The third-order valence-corrected chi connectivity index (χ3v) is 5.20. The van der Waals surface area contributed by atoms with E-state index in [1.54, 1.807) is 0 Å². The van der Waals surface area contributed by atoms with Crippen LogP contribution in [0.15, 0.2) is 36.5 Å². The van der Waals surface area contributed by atoms with Crippen LogP contribution in [0.2, 0.25) is 0 Å². The second-order valence-electron chi connectivity index (χ2n) is 5.99. The first-order valence-corrected chi connectivity index (χ1v) is 9.07. The van der Waals surface area contributed by atoms with E-state index in [4.69, 9.17) is 11.3 Å². The molecule has 3 heterocycles. The molecule has 9 nitrogen and oxygen atoms in total. The summed E-state index contributed by atoms with van der Waals surface area (Å²) in [5.74, 6) is -0.378. The zero-order valence-corrected chi connectivity index (χ0v) is 15.0. The number of carbonyl (C=O) groups is 1. The van der Waals surface area contributed by atoms with Gasteiger partial charge in [0, 0.05) is 5.56 Å². The number of nitrogens with zero attached hydrogens (tertiary/aromatic N) is 6. The van der Waals surface area contributed by atoms with Crippen molar-refractivity contribution in [1.29, 1.82) is 0 Å². The van der Waals surface area contributed by atoms with Crippen LogP contribution in [0, 0.1) is 6.57 Å². The molecule has 1 amide bonds. The highest BCUT2D eigenvalue weighted by Gasteiger charge is 2.45. The van der Waals surface area contributed by atoms with Gasteiger partial charge in [0.25, 0.3) is 5.91 Å². The molecule has 2 aromatic heterocycles. The van der Waals surface area contributed by atoms with Crippen molar-refractivity contribution in [2.24, 2.45) is 0 Å². The number of hydrogen-bond donors (Lipinski definition) is 1.